The van der Waals surface area contributed by atoms with Gasteiger partial charge < -0.3 is 4.74 Å². The molecular weight excluding hydrogens is 388 g/mol. The largest absolute Gasteiger partial charge is 0.465 e. The van der Waals surface area contributed by atoms with Gasteiger partial charge in [0.05, 0.1) is 22.6 Å². The normalized spacial score (nSPS) is 11.2. The van der Waals surface area contributed by atoms with Crippen LogP contribution in [-0.2, 0) is 21.3 Å². The number of rotatable bonds is 6. The first-order valence-corrected chi connectivity index (χ1v) is 9.02. The van der Waals surface area contributed by atoms with Crippen LogP contribution in [0.25, 0.3) is 4.91 Å². The van der Waals surface area contributed by atoms with Crippen molar-refractivity contribution in [2.45, 2.75) is 6.54 Å². The second-order valence-corrected chi connectivity index (χ2v) is 7.37. The number of carbonyl (C=O) groups is 1. The fourth-order valence-corrected chi connectivity index (χ4v) is 3.16. The van der Waals surface area contributed by atoms with E-state index in [4.69, 9.17) is 11.6 Å². The Morgan fingerprint density at radius 1 is 1.15 bits per heavy atom. The van der Waals surface area contributed by atoms with Gasteiger partial charge in [0.25, 0.3) is 0 Å². The molecule has 0 radical (unpaired) electrons. The Bertz CT molecular complexity index is 977. The van der Waals surface area contributed by atoms with Crippen LogP contribution in [0.1, 0.15) is 21.5 Å². The number of nitrogens with one attached hydrogen (secondary N) is 1. The lowest BCUT2D eigenvalue weighted by atomic mass is 10.1. The first kappa shape index (κ1) is 20.0. The Hall–Kier alpha value is -2.29. The molecule has 0 aliphatic heterocycles. The van der Waals surface area contributed by atoms with E-state index in [-0.39, 0.29) is 33.2 Å². The van der Waals surface area contributed by atoms with Crippen LogP contribution < -0.4 is 4.72 Å². The molecule has 9 heteroatoms. The minimum atomic E-state index is -4.07. The van der Waals surface area contributed by atoms with Crippen molar-refractivity contribution in [2.75, 3.05) is 7.11 Å². The van der Waals surface area contributed by atoms with Crippen molar-refractivity contribution in [2.24, 2.45) is 0 Å². The van der Waals surface area contributed by atoms with Crippen LogP contribution in [0.5, 0.6) is 0 Å². The second kappa shape index (κ2) is 7.94. The highest BCUT2D eigenvalue weighted by atomic mass is 35.5. The number of carbonyl (C=O) groups excluding carboxylic acids is 1. The van der Waals surface area contributed by atoms with E-state index < -0.39 is 27.6 Å². The maximum atomic E-state index is 14.0. The number of sulfonamides is 1. The average molecular weight is 402 g/mol. The minimum absolute atomic E-state index is 0.00182. The van der Waals surface area contributed by atoms with E-state index in [0.29, 0.717) is 0 Å². The summed E-state index contributed by atoms with van der Waals surface area (Å²) in [5.41, 5.74) is 0.124. The first-order chi connectivity index (χ1) is 12.2. The SMILES string of the molecule is C=C(c1ccc(F)c(Cl)c1)S(=O)(=O)NCc1ccc(C(=O)OC)cc1F. The molecular formula is C17H14ClF2NO4S. The first-order valence-electron chi connectivity index (χ1n) is 7.16. The van der Waals surface area contributed by atoms with Gasteiger partial charge in [-0.1, -0.05) is 30.3 Å². The quantitative estimate of drug-likeness (QED) is 0.752. The van der Waals surface area contributed by atoms with Crippen LogP contribution >= 0.6 is 11.6 Å². The van der Waals surface area contributed by atoms with Gasteiger partial charge in [-0.3, -0.25) is 0 Å². The molecule has 0 aromatic heterocycles. The van der Waals surface area contributed by atoms with Gasteiger partial charge in [0, 0.05) is 12.1 Å². The van der Waals surface area contributed by atoms with Gasteiger partial charge in [-0.05, 0) is 29.8 Å². The number of halogens is 3. The Balaban J connectivity index is 2.16. The third kappa shape index (κ3) is 4.46. The van der Waals surface area contributed by atoms with Gasteiger partial charge in [0.2, 0.25) is 10.0 Å². The Morgan fingerprint density at radius 2 is 1.81 bits per heavy atom. The molecule has 0 bridgehead atoms. The summed E-state index contributed by atoms with van der Waals surface area (Å²) in [4.78, 5) is 11.0. The molecule has 138 valence electrons. The lowest BCUT2D eigenvalue weighted by Crippen LogP contribution is -2.24. The Kier molecular flexibility index (Phi) is 6.12. The summed E-state index contributed by atoms with van der Waals surface area (Å²) in [6, 6.07) is 6.89. The molecule has 2 aromatic rings. The van der Waals surface area contributed by atoms with Crippen LogP contribution in [0.3, 0.4) is 0 Å². The topological polar surface area (TPSA) is 72.5 Å². The van der Waals surface area contributed by atoms with Gasteiger partial charge >= 0.3 is 5.97 Å². The number of methoxy groups -OCH3 is 1. The van der Waals surface area contributed by atoms with Gasteiger partial charge in [-0.25, -0.2) is 26.7 Å². The molecule has 0 unspecified atom stereocenters. The lowest BCUT2D eigenvalue weighted by Gasteiger charge is -2.11. The molecule has 2 rings (SSSR count). The number of ether oxygens (including phenoxy) is 1. The monoisotopic (exact) mass is 401 g/mol. The van der Waals surface area contributed by atoms with E-state index in [9.17, 15) is 22.0 Å². The lowest BCUT2D eigenvalue weighted by molar-refractivity contribution is 0.0600. The third-order valence-electron chi connectivity index (χ3n) is 3.49. The molecule has 0 atom stereocenters. The molecule has 0 aliphatic carbocycles. The van der Waals surface area contributed by atoms with E-state index in [1.807, 2.05) is 0 Å². The summed E-state index contributed by atoms with van der Waals surface area (Å²) in [5, 5.41) is -0.247. The molecule has 0 fully saturated rings. The van der Waals surface area contributed by atoms with E-state index in [2.05, 4.69) is 16.0 Å². The molecule has 2 aromatic carbocycles. The zero-order valence-electron chi connectivity index (χ0n) is 13.6. The summed E-state index contributed by atoms with van der Waals surface area (Å²) >= 11 is 5.64. The van der Waals surface area contributed by atoms with Crippen molar-refractivity contribution >= 4 is 32.5 Å². The zero-order chi connectivity index (χ0) is 19.5. The summed E-state index contributed by atoms with van der Waals surface area (Å²) in [7, 11) is -2.91. The zero-order valence-corrected chi connectivity index (χ0v) is 15.1. The van der Waals surface area contributed by atoms with E-state index in [1.54, 1.807) is 0 Å². The van der Waals surface area contributed by atoms with Gasteiger partial charge in [0.1, 0.15) is 11.6 Å². The number of hydrogen-bond donors (Lipinski definition) is 1. The number of hydrogen-bond acceptors (Lipinski definition) is 4. The molecule has 1 N–H and O–H groups in total. The molecule has 0 saturated carbocycles. The fraction of sp³-hybridized carbons (Fsp3) is 0.118. The predicted molar refractivity (Wildman–Crippen MR) is 93.9 cm³/mol. The molecule has 5 nitrogen and oxygen atoms in total. The summed E-state index contributed by atoms with van der Waals surface area (Å²) in [5.74, 6) is -2.18. The Morgan fingerprint density at radius 3 is 2.38 bits per heavy atom. The van der Waals surface area contributed by atoms with E-state index in [1.165, 1.54) is 18.2 Å². The van der Waals surface area contributed by atoms with Crippen LogP contribution in [0.4, 0.5) is 8.78 Å². The molecule has 0 amide bonds. The van der Waals surface area contributed by atoms with Crippen molar-refractivity contribution in [3.8, 4) is 0 Å². The summed E-state index contributed by atoms with van der Waals surface area (Å²) in [6.07, 6.45) is 0. The molecule has 0 spiro atoms. The highest BCUT2D eigenvalue weighted by Crippen LogP contribution is 2.24. The smallest absolute Gasteiger partial charge is 0.337 e. The maximum absolute atomic E-state index is 14.0. The second-order valence-electron chi connectivity index (χ2n) is 5.17. The molecule has 26 heavy (non-hydrogen) atoms. The average Bonchev–Trinajstić information content (AvgIpc) is 2.61. The fourth-order valence-electron chi connectivity index (χ4n) is 2.02. The summed E-state index contributed by atoms with van der Waals surface area (Å²) in [6.45, 7) is 3.09. The van der Waals surface area contributed by atoms with Crippen LogP contribution in [0.15, 0.2) is 43.0 Å². The number of benzene rings is 2. The van der Waals surface area contributed by atoms with E-state index >= 15 is 0 Å². The van der Waals surface area contributed by atoms with Crippen molar-refractivity contribution in [3.63, 3.8) is 0 Å². The number of esters is 1. The van der Waals surface area contributed by atoms with Gasteiger partial charge in [-0.2, -0.15) is 0 Å². The van der Waals surface area contributed by atoms with Crippen molar-refractivity contribution in [1.82, 2.24) is 4.72 Å². The molecule has 0 aliphatic rings. The van der Waals surface area contributed by atoms with Crippen molar-refractivity contribution in [1.29, 1.82) is 0 Å². The van der Waals surface area contributed by atoms with Crippen molar-refractivity contribution < 1.29 is 26.7 Å². The molecule has 0 saturated heterocycles. The van der Waals surface area contributed by atoms with E-state index in [0.717, 1.165) is 25.3 Å². The van der Waals surface area contributed by atoms with Crippen LogP contribution in [0, 0.1) is 11.6 Å². The minimum Gasteiger partial charge on any atom is -0.465 e. The molecule has 0 heterocycles. The summed E-state index contributed by atoms with van der Waals surface area (Å²) < 4.78 is 58.5. The van der Waals surface area contributed by atoms with Gasteiger partial charge in [0.15, 0.2) is 0 Å². The third-order valence-corrected chi connectivity index (χ3v) is 5.19. The predicted octanol–water partition coefficient (Wildman–Crippen LogP) is 3.50. The highest BCUT2D eigenvalue weighted by molar-refractivity contribution is 7.98. The van der Waals surface area contributed by atoms with Crippen molar-refractivity contribution in [3.05, 3.63) is 76.3 Å². The highest BCUT2D eigenvalue weighted by Gasteiger charge is 2.19. The standard InChI is InChI=1S/C17H14ClF2NO4S/c1-10(11-5-6-15(19)14(18)7-11)26(23,24)21-9-13-4-3-12(8-16(13)20)17(22)25-2/h3-8,21H,1,9H2,2H3. The maximum Gasteiger partial charge on any atom is 0.337 e. The van der Waals surface area contributed by atoms with Crippen LogP contribution in [-0.4, -0.2) is 21.5 Å². The van der Waals surface area contributed by atoms with Crippen LogP contribution in [0.2, 0.25) is 5.02 Å². The Labute approximate surface area is 154 Å². The van der Waals surface area contributed by atoms with Gasteiger partial charge in [-0.15, -0.1) is 0 Å².